The van der Waals surface area contributed by atoms with Crippen molar-refractivity contribution in [3.8, 4) is 11.5 Å². The zero-order valence-electron chi connectivity index (χ0n) is 11.9. The number of benzene rings is 2. The molecule has 0 amide bonds. The molecule has 0 saturated carbocycles. The summed E-state index contributed by atoms with van der Waals surface area (Å²) < 4.78 is 12.9. The van der Waals surface area contributed by atoms with E-state index in [1.165, 1.54) is 5.56 Å². The molecule has 4 heteroatoms. The maximum atomic E-state index is 5.97. The second kappa shape index (κ2) is 6.50. The first-order chi connectivity index (χ1) is 10.3. The summed E-state index contributed by atoms with van der Waals surface area (Å²) in [5.41, 5.74) is 2.40. The largest absolute Gasteiger partial charge is 0.489 e. The van der Waals surface area contributed by atoms with E-state index in [9.17, 15) is 0 Å². The van der Waals surface area contributed by atoms with Crippen molar-refractivity contribution in [1.82, 2.24) is 5.32 Å². The fourth-order valence-electron chi connectivity index (χ4n) is 2.55. The highest BCUT2D eigenvalue weighted by Gasteiger charge is 2.23. The van der Waals surface area contributed by atoms with E-state index >= 15 is 0 Å². The summed E-state index contributed by atoms with van der Waals surface area (Å²) in [6.45, 7) is 1.34. The summed E-state index contributed by atoms with van der Waals surface area (Å²) in [4.78, 5) is 0. The molecule has 1 unspecified atom stereocenters. The van der Waals surface area contributed by atoms with Crippen molar-refractivity contribution in [2.75, 3.05) is 13.7 Å². The first-order valence-corrected chi connectivity index (χ1v) is 7.86. The predicted octanol–water partition coefficient (Wildman–Crippen LogP) is 3.55. The van der Waals surface area contributed by atoms with E-state index < -0.39 is 0 Å². The third-order valence-electron chi connectivity index (χ3n) is 3.53. The lowest BCUT2D eigenvalue weighted by molar-refractivity contribution is 0.147. The highest BCUT2D eigenvalue weighted by Crippen LogP contribution is 2.29. The number of para-hydroxylation sites is 1. The lowest BCUT2D eigenvalue weighted by Gasteiger charge is -2.15. The third kappa shape index (κ3) is 3.39. The Labute approximate surface area is 133 Å². The van der Waals surface area contributed by atoms with Crippen LogP contribution in [-0.4, -0.2) is 19.8 Å². The second-order valence-corrected chi connectivity index (χ2v) is 6.06. The van der Waals surface area contributed by atoms with Crippen molar-refractivity contribution < 1.29 is 9.47 Å². The van der Waals surface area contributed by atoms with Crippen LogP contribution in [0.4, 0.5) is 0 Å². The Morgan fingerprint density at radius 3 is 2.95 bits per heavy atom. The van der Waals surface area contributed by atoms with Gasteiger partial charge in [0.15, 0.2) is 0 Å². The molecule has 3 nitrogen and oxygen atoms in total. The van der Waals surface area contributed by atoms with Crippen molar-refractivity contribution in [2.24, 2.45) is 0 Å². The molecule has 3 rings (SSSR count). The van der Waals surface area contributed by atoms with Gasteiger partial charge in [0.1, 0.15) is 24.2 Å². The van der Waals surface area contributed by atoms with Crippen LogP contribution >= 0.6 is 15.9 Å². The molecule has 0 bridgehead atoms. The molecular formula is C17H18BrNO2. The highest BCUT2D eigenvalue weighted by atomic mass is 79.9. The topological polar surface area (TPSA) is 30.5 Å². The maximum absolute atomic E-state index is 5.97. The summed E-state index contributed by atoms with van der Waals surface area (Å²) in [5.74, 6) is 1.89. The molecule has 2 aromatic carbocycles. The number of ether oxygens (including phenoxy) is 2. The average Bonchev–Trinajstić information content (AvgIpc) is 2.89. The summed E-state index contributed by atoms with van der Waals surface area (Å²) >= 11 is 3.50. The van der Waals surface area contributed by atoms with Gasteiger partial charge in [-0.3, -0.25) is 0 Å². The van der Waals surface area contributed by atoms with Gasteiger partial charge in [-0.05, 0) is 36.9 Å². The van der Waals surface area contributed by atoms with Gasteiger partial charge in [0, 0.05) is 23.0 Å². The maximum Gasteiger partial charge on any atom is 0.137 e. The number of halogens is 1. The Hall–Kier alpha value is -1.52. The van der Waals surface area contributed by atoms with Crippen LogP contribution in [0.3, 0.4) is 0 Å². The molecule has 110 valence electrons. The first kappa shape index (κ1) is 14.4. The molecule has 1 aliphatic rings. The fourth-order valence-corrected chi connectivity index (χ4v) is 2.96. The van der Waals surface area contributed by atoms with Crippen LogP contribution in [0.25, 0.3) is 0 Å². The van der Waals surface area contributed by atoms with E-state index in [1.807, 2.05) is 37.4 Å². The van der Waals surface area contributed by atoms with E-state index in [-0.39, 0.29) is 6.10 Å². The second-order valence-electron chi connectivity index (χ2n) is 5.15. The molecule has 2 aromatic rings. The van der Waals surface area contributed by atoms with Crippen LogP contribution in [0.1, 0.15) is 11.1 Å². The molecule has 0 aliphatic carbocycles. The molecule has 21 heavy (non-hydrogen) atoms. The van der Waals surface area contributed by atoms with E-state index in [1.54, 1.807) is 0 Å². The van der Waals surface area contributed by atoms with Crippen molar-refractivity contribution in [3.63, 3.8) is 0 Å². The van der Waals surface area contributed by atoms with Crippen molar-refractivity contribution in [3.05, 3.63) is 58.1 Å². The van der Waals surface area contributed by atoms with Gasteiger partial charge < -0.3 is 14.8 Å². The summed E-state index contributed by atoms with van der Waals surface area (Å²) in [6.07, 6.45) is 1.00. The Balaban J connectivity index is 1.64. The fraction of sp³-hybridized carbons (Fsp3) is 0.294. The van der Waals surface area contributed by atoms with Crippen LogP contribution in [0.5, 0.6) is 11.5 Å². The lowest BCUT2D eigenvalue weighted by atomic mass is 10.1. The minimum Gasteiger partial charge on any atom is -0.489 e. The van der Waals surface area contributed by atoms with Crippen molar-refractivity contribution >= 4 is 15.9 Å². The normalized spacial score (nSPS) is 16.4. The average molecular weight is 348 g/mol. The number of rotatable bonds is 5. The third-order valence-corrected chi connectivity index (χ3v) is 4.02. The molecule has 0 aromatic heterocycles. The predicted molar refractivity (Wildman–Crippen MR) is 87.0 cm³/mol. The minimum atomic E-state index is 0.0912. The Morgan fingerprint density at radius 1 is 1.29 bits per heavy atom. The van der Waals surface area contributed by atoms with Gasteiger partial charge in [-0.2, -0.15) is 0 Å². The van der Waals surface area contributed by atoms with Crippen LogP contribution in [0, 0.1) is 0 Å². The number of nitrogens with one attached hydrogen (secondary N) is 1. The Kier molecular flexibility index (Phi) is 4.46. The summed E-state index contributed by atoms with van der Waals surface area (Å²) in [7, 11) is 1.93. The molecule has 0 radical (unpaired) electrons. The summed E-state index contributed by atoms with van der Waals surface area (Å²) in [6, 6.07) is 14.3. The monoisotopic (exact) mass is 347 g/mol. The van der Waals surface area contributed by atoms with Gasteiger partial charge in [0.05, 0.1) is 0 Å². The minimum absolute atomic E-state index is 0.0912. The number of fused-ring (bicyclic) bond motifs is 1. The van der Waals surface area contributed by atoms with Crippen LogP contribution < -0.4 is 14.8 Å². The van der Waals surface area contributed by atoms with E-state index in [0.717, 1.165) is 34.5 Å². The summed E-state index contributed by atoms with van der Waals surface area (Å²) in [5, 5.41) is 3.16. The zero-order valence-corrected chi connectivity index (χ0v) is 13.5. The number of hydrogen-bond acceptors (Lipinski definition) is 3. The smallest absolute Gasteiger partial charge is 0.137 e. The van der Waals surface area contributed by atoms with Gasteiger partial charge in [-0.25, -0.2) is 0 Å². The first-order valence-electron chi connectivity index (χ1n) is 7.06. The Bertz CT molecular complexity index is 605. The van der Waals surface area contributed by atoms with Crippen LogP contribution in [-0.2, 0) is 13.0 Å². The molecule has 0 spiro atoms. The van der Waals surface area contributed by atoms with Crippen molar-refractivity contribution in [2.45, 2.75) is 19.1 Å². The standard InChI is InChI=1S/C17H18BrNO2/c1-19-10-13-8-14(18)6-7-16(13)20-11-15-9-12-4-2-3-5-17(12)21-15/h2-8,15,19H,9-11H2,1H3. The SMILES string of the molecule is CNCc1cc(Br)ccc1OCC1Cc2ccccc2O1. The van der Waals surface area contributed by atoms with Gasteiger partial charge in [-0.15, -0.1) is 0 Å². The molecule has 1 atom stereocenters. The Morgan fingerprint density at radius 2 is 2.14 bits per heavy atom. The van der Waals surface area contributed by atoms with E-state index in [0.29, 0.717) is 6.61 Å². The van der Waals surface area contributed by atoms with Gasteiger partial charge in [0.2, 0.25) is 0 Å². The molecule has 1 heterocycles. The van der Waals surface area contributed by atoms with Crippen LogP contribution in [0.2, 0.25) is 0 Å². The van der Waals surface area contributed by atoms with E-state index in [2.05, 4.69) is 33.4 Å². The van der Waals surface area contributed by atoms with Crippen LogP contribution in [0.15, 0.2) is 46.9 Å². The van der Waals surface area contributed by atoms with E-state index in [4.69, 9.17) is 9.47 Å². The van der Waals surface area contributed by atoms with Crippen molar-refractivity contribution in [1.29, 1.82) is 0 Å². The van der Waals surface area contributed by atoms with Gasteiger partial charge in [0.25, 0.3) is 0 Å². The molecule has 0 fully saturated rings. The molecule has 1 N–H and O–H groups in total. The number of hydrogen-bond donors (Lipinski definition) is 1. The highest BCUT2D eigenvalue weighted by molar-refractivity contribution is 9.10. The lowest BCUT2D eigenvalue weighted by Crippen LogP contribution is -2.23. The van der Waals surface area contributed by atoms with Gasteiger partial charge in [-0.1, -0.05) is 34.1 Å². The molecule has 0 saturated heterocycles. The molecular weight excluding hydrogens is 330 g/mol. The van der Waals surface area contributed by atoms with Gasteiger partial charge >= 0.3 is 0 Å². The molecule has 1 aliphatic heterocycles. The quantitative estimate of drug-likeness (QED) is 0.897. The zero-order chi connectivity index (χ0) is 14.7.